The van der Waals surface area contributed by atoms with Crippen molar-refractivity contribution in [2.75, 3.05) is 0 Å². The molecule has 1 aliphatic heterocycles. The second kappa shape index (κ2) is 9.53. The lowest BCUT2D eigenvalue weighted by Gasteiger charge is -2.28. The molecule has 0 aliphatic carbocycles. The number of aromatic nitrogens is 1. The van der Waals surface area contributed by atoms with E-state index in [0.717, 1.165) is 34.4 Å². The molecule has 0 saturated heterocycles. The minimum absolute atomic E-state index is 0.201. The van der Waals surface area contributed by atoms with Gasteiger partial charge in [-0.15, -0.1) is 0 Å². The number of rotatable bonds is 7. The van der Waals surface area contributed by atoms with Gasteiger partial charge < -0.3 is 14.8 Å². The molecule has 1 atom stereocenters. The second-order valence-electron chi connectivity index (χ2n) is 6.91. The highest BCUT2D eigenvalue weighted by Gasteiger charge is 2.28. The molecule has 5 heteroatoms. The van der Waals surface area contributed by atoms with Crippen LogP contribution in [0.15, 0.2) is 72.5 Å². The van der Waals surface area contributed by atoms with Crippen LogP contribution in [0.3, 0.4) is 0 Å². The molecule has 4 nitrogen and oxygen atoms in total. The van der Waals surface area contributed by atoms with E-state index < -0.39 is 7.12 Å². The molecule has 0 amide bonds. The second-order valence-corrected chi connectivity index (χ2v) is 6.91. The fourth-order valence-corrected chi connectivity index (χ4v) is 3.39. The summed E-state index contributed by atoms with van der Waals surface area (Å²) in [4.78, 5) is 4.48. The number of nitrogens with zero attached hydrogens (tertiary/aromatic N) is 1. The zero-order valence-corrected chi connectivity index (χ0v) is 16.2. The predicted octanol–water partition coefficient (Wildman–Crippen LogP) is 4.88. The van der Waals surface area contributed by atoms with Crippen molar-refractivity contribution < 1.29 is 14.8 Å². The van der Waals surface area contributed by atoms with Gasteiger partial charge in [0.1, 0.15) is 5.75 Å². The number of phenolic OH excluding ortho intramolecular Hbond substituents is 1. The quantitative estimate of drug-likeness (QED) is 0.677. The van der Waals surface area contributed by atoms with Gasteiger partial charge in [0.2, 0.25) is 0 Å². The molecule has 1 unspecified atom stereocenters. The van der Waals surface area contributed by atoms with Gasteiger partial charge in [-0.1, -0.05) is 49.4 Å². The number of aromatic hydroxyl groups is 1. The van der Waals surface area contributed by atoms with Gasteiger partial charge >= 0.3 is 7.12 Å². The van der Waals surface area contributed by atoms with Crippen LogP contribution in [0.5, 0.6) is 5.75 Å². The fourth-order valence-electron chi connectivity index (χ4n) is 3.39. The van der Waals surface area contributed by atoms with Crippen molar-refractivity contribution in [1.29, 1.82) is 0 Å². The van der Waals surface area contributed by atoms with Crippen LogP contribution in [-0.4, -0.2) is 28.3 Å². The highest BCUT2D eigenvalue weighted by Crippen LogP contribution is 2.31. The van der Waals surface area contributed by atoms with Crippen LogP contribution in [0.4, 0.5) is 0 Å². The van der Waals surface area contributed by atoms with Crippen LogP contribution in [0.1, 0.15) is 37.4 Å². The molecule has 2 heterocycles. The molecule has 0 spiro atoms. The van der Waals surface area contributed by atoms with E-state index in [2.05, 4.69) is 18.5 Å². The van der Waals surface area contributed by atoms with Gasteiger partial charge in [-0.3, -0.25) is 4.98 Å². The summed E-state index contributed by atoms with van der Waals surface area (Å²) in [7, 11) is -0.779. The predicted molar refractivity (Wildman–Crippen MR) is 115 cm³/mol. The van der Waals surface area contributed by atoms with Crippen LogP contribution in [-0.2, 0) is 4.65 Å². The van der Waals surface area contributed by atoms with Crippen molar-refractivity contribution in [2.24, 2.45) is 0 Å². The Morgan fingerprint density at radius 1 is 1.29 bits per heavy atom. The highest BCUT2D eigenvalue weighted by molar-refractivity contribution is 6.43. The van der Waals surface area contributed by atoms with Crippen molar-refractivity contribution in [3.8, 4) is 5.75 Å². The average Bonchev–Trinajstić information content (AvgIpc) is 2.72. The number of allylic oxidation sites excluding steroid dienone is 2. The topological polar surface area (TPSA) is 62.6 Å². The maximum atomic E-state index is 10.2. The SMILES string of the molecule is C=C(CC)C1=CCB(O)OC1CC/C(=C/c1ccccc1O)c1ccccn1. The van der Waals surface area contributed by atoms with Crippen molar-refractivity contribution in [2.45, 2.75) is 38.6 Å². The molecule has 3 rings (SSSR count). The highest BCUT2D eigenvalue weighted by atomic mass is 16.5. The van der Waals surface area contributed by atoms with E-state index in [4.69, 9.17) is 4.65 Å². The molecule has 0 radical (unpaired) electrons. The molecular formula is C23H26BNO3. The van der Waals surface area contributed by atoms with E-state index in [1.807, 2.05) is 42.5 Å². The van der Waals surface area contributed by atoms with Crippen LogP contribution < -0.4 is 0 Å². The van der Waals surface area contributed by atoms with Crippen molar-refractivity contribution >= 4 is 18.8 Å². The molecule has 0 saturated carbocycles. The minimum atomic E-state index is -0.779. The first-order valence-corrected chi connectivity index (χ1v) is 9.70. The lowest BCUT2D eigenvalue weighted by Crippen LogP contribution is -2.31. The monoisotopic (exact) mass is 375 g/mol. The Morgan fingerprint density at radius 3 is 2.79 bits per heavy atom. The summed E-state index contributed by atoms with van der Waals surface area (Å²) in [5, 5.41) is 20.1. The van der Waals surface area contributed by atoms with Crippen LogP contribution in [0.25, 0.3) is 11.6 Å². The van der Waals surface area contributed by atoms with E-state index in [1.165, 1.54) is 0 Å². The number of benzene rings is 1. The molecule has 1 aromatic heterocycles. The van der Waals surface area contributed by atoms with Gasteiger partial charge in [0.25, 0.3) is 0 Å². The third kappa shape index (κ3) is 5.00. The Labute approximate surface area is 167 Å². The van der Waals surface area contributed by atoms with Crippen LogP contribution >= 0.6 is 0 Å². The average molecular weight is 375 g/mol. The summed E-state index contributed by atoms with van der Waals surface area (Å²) in [6, 6.07) is 13.0. The summed E-state index contributed by atoms with van der Waals surface area (Å²) >= 11 is 0. The van der Waals surface area contributed by atoms with Crippen LogP contribution in [0.2, 0.25) is 6.32 Å². The molecule has 0 fully saturated rings. The maximum absolute atomic E-state index is 10.2. The third-order valence-corrected chi connectivity index (χ3v) is 4.98. The zero-order valence-electron chi connectivity index (χ0n) is 16.2. The van der Waals surface area contributed by atoms with Gasteiger partial charge in [-0.25, -0.2) is 0 Å². The number of hydrogen-bond acceptors (Lipinski definition) is 4. The lowest BCUT2D eigenvalue weighted by atomic mass is 9.77. The maximum Gasteiger partial charge on any atom is 0.458 e. The van der Waals surface area contributed by atoms with E-state index in [1.54, 1.807) is 18.3 Å². The summed E-state index contributed by atoms with van der Waals surface area (Å²) in [5.41, 5.74) is 4.74. The van der Waals surface area contributed by atoms with E-state index >= 15 is 0 Å². The van der Waals surface area contributed by atoms with Crippen molar-refractivity contribution in [3.05, 3.63) is 83.7 Å². The Hall–Kier alpha value is -2.63. The Kier molecular flexibility index (Phi) is 6.85. The molecule has 0 bridgehead atoms. The molecule has 2 aromatic rings. The summed E-state index contributed by atoms with van der Waals surface area (Å²) in [6.07, 6.45) is 8.29. The van der Waals surface area contributed by atoms with Crippen LogP contribution in [0, 0.1) is 0 Å². The largest absolute Gasteiger partial charge is 0.507 e. The zero-order chi connectivity index (χ0) is 19.9. The standard InChI is InChI=1S/C23H26BNO3/c1-3-17(2)20-13-14-24(27)28-23(20)12-11-18(21-9-6-7-15-25-21)16-19-8-4-5-10-22(19)26/h4-10,13,15-16,23,26-27H,2-3,11-12,14H2,1H3/b18-16-. The minimum Gasteiger partial charge on any atom is -0.507 e. The Morgan fingerprint density at radius 2 is 2.07 bits per heavy atom. The van der Waals surface area contributed by atoms with E-state index in [9.17, 15) is 10.1 Å². The molecule has 1 aromatic carbocycles. The van der Waals surface area contributed by atoms with Gasteiger partial charge in [0.05, 0.1) is 11.8 Å². The Balaban J connectivity index is 1.86. The lowest BCUT2D eigenvalue weighted by molar-refractivity contribution is 0.184. The van der Waals surface area contributed by atoms with E-state index in [0.29, 0.717) is 19.2 Å². The molecule has 1 aliphatic rings. The normalized spacial score (nSPS) is 17.4. The first-order valence-electron chi connectivity index (χ1n) is 9.70. The number of hydrogen-bond donors (Lipinski definition) is 2. The third-order valence-electron chi connectivity index (χ3n) is 4.98. The summed E-state index contributed by atoms with van der Waals surface area (Å²) in [6.45, 7) is 6.22. The first kappa shape index (κ1) is 20.1. The van der Waals surface area contributed by atoms with Gasteiger partial charge in [-0.2, -0.15) is 0 Å². The number of pyridine rings is 1. The molecular weight excluding hydrogens is 349 g/mol. The van der Waals surface area contributed by atoms with Gasteiger partial charge in [0.15, 0.2) is 0 Å². The number of phenols is 1. The molecule has 144 valence electrons. The number of para-hydroxylation sites is 1. The summed E-state index contributed by atoms with van der Waals surface area (Å²) < 4.78 is 5.81. The first-order chi connectivity index (χ1) is 13.6. The van der Waals surface area contributed by atoms with Crippen molar-refractivity contribution in [1.82, 2.24) is 4.98 Å². The van der Waals surface area contributed by atoms with Gasteiger partial charge in [-0.05, 0) is 54.7 Å². The summed E-state index contributed by atoms with van der Waals surface area (Å²) in [5.74, 6) is 0.236. The van der Waals surface area contributed by atoms with Gasteiger partial charge in [0, 0.05) is 18.1 Å². The van der Waals surface area contributed by atoms with E-state index in [-0.39, 0.29) is 11.9 Å². The smallest absolute Gasteiger partial charge is 0.458 e. The fraction of sp³-hybridized carbons (Fsp3) is 0.261. The Bertz CT molecular complexity index is 876. The van der Waals surface area contributed by atoms with Crippen molar-refractivity contribution in [3.63, 3.8) is 0 Å². The molecule has 28 heavy (non-hydrogen) atoms. The molecule has 2 N–H and O–H groups in total.